The van der Waals surface area contributed by atoms with E-state index in [4.69, 9.17) is 5.73 Å². The van der Waals surface area contributed by atoms with Crippen molar-refractivity contribution in [3.63, 3.8) is 0 Å². The highest BCUT2D eigenvalue weighted by Gasteiger charge is 2.19. The molecule has 1 aromatic rings. The van der Waals surface area contributed by atoms with Crippen molar-refractivity contribution in [1.82, 2.24) is 9.88 Å². The van der Waals surface area contributed by atoms with E-state index in [9.17, 15) is 5.11 Å². The summed E-state index contributed by atoms with van der Waals surface area (Å²) in [6, 6.07) is 0. The maximum absolute atomic E-state index is 9.47. The molecule has 2 rings (SSSR count). The Balaban J connectivity index is 1.78. The fraction of sp³-hybridized carbons (Fsp3) is 0.700. The van der Waals surface area contributed by atoms with Crippen molar-refractivity contribution < 1.29 is 5.11 Å². The number of anilines is 1. The largest absolute Gasteiger partial charge is 0.390 e. The van der Waals surface area contributed by atoms with Gasteiger partial charge in [-0.15, -0.1) is 11.3 Å². The summed E-state index contributed by atoms with van der Waals surface area (Å²) in [5.41, 5.74) is 5.40. The van der Waals surface area contributed by atoms with E-state index in [-0.39, 0.29) is 0 Å². The van der Waals surface area contributed by atoms with Crippen LogP contribution in [0, 0.1) is 0 Å². The van der Waals surface area contributed by atoms with E-state index in [1.807, 2.05) is 11.6 Å². The van der Waals surface area contributed by atoms with Gasteiger partial charge in [0.15, 0.2) is 5.13 Å². The number of aliphatic hydroxyl groups is 1. The second kappa shape index (κ2) is 5.58. The Labute approximate surface area is 99.5 Å². The fourth-order valence-electron chi connectivity index (χ4n) is 1.87. The van der Waals surface area contributed by atoms with Crippen LogP contribution in [0.3, 0.4) is 0 Å². The quantitative estimate of drug-likeness (QED) is 0.751. The van der Waals surface area contributed by atoms with Gasteiger partial charge in [0.1, 0.15) is 0 Å². The van der Waals surface area contributed by atoms with E-state index in [1.54, 1.807) is 11.3 Å². The highest BCUT2D eigenvalue weighted by Crippen LogP contribution is 2.18. The molecular formula is C10H18N4OS. The highest BCUT2D eigenvalue weighted by atomic mass is 32.1. The SMILES string of the molecule is NCC(O)CN1CCN(c2nccs2)CC1. The summed E-state index contributed by atoms with van der Waals surface area (Å²) in [6.45, 7) is 4.91. The van der Waals surface area contributed by atoms with Gasteiger partial charge in [0.25, 0.3) is 0 Å². The Hall–Kier alpha value is -0.690. The van der Waals surface area contributed by atoms with Crippen molar-refractivity contribution in [2.24, 2.45) is 5.73 Å². The van der Waals surface area contributed by atoms with E-state index in [2.05, 4.69) is 14.8 Å². The van der Waals surface area contributed by atoms with Gasteiger partial charge in [-0.25, -0.2) is 4.98 Å². The molecule has 2 heterocycles. The predicted octanol–water partition coefficient (Wildman–Crippen LogP) is -0.415. The van der Waals surface area contributed by atoms with Crippen molar-refractivity contribution in [3.8, 4) is 0 Å². The van der Waals surface area contributed by atoms with Gasteiger partial charge in [-0.1, -0.05) is 0 Å². The van der Waals surface area contributed by atoms with Crippen LogP contribution in [0.5, 0.6) is 0 Å². The average Bonchev–Trinajstić information content (AvgIpc) is 2.83. The maximum atomic E-state index is 9.47. The third-order valence-electron chi connectivity index (χ3n) is 2.80. The number of hydrogen-bond donors (Lipinski definition) is 2. The maximum Gasteiger partial charge on any atom is 0.185 e. The highest BCUT2D eigenvalue weighted by molar-refractivity contribution is 7.13. The molecule has 1 unspecified atom stereocenters. The molecule has 0 spiro atoms. The summed E-state index contributed by atoms with van der Waals surface area (Å²) in [4.78, 5) is 8.84. The Morgan fingerprint density at radius 1 is 1.44 bits per heavy atom. The third kappa shape index (κ3) is 2.91. The summed E-state index contributed by atoms with van der Waals surface area (Å²) >= 11 is 1.68. The summed E-state index contributed by atoms with van der Waals surface area (Å²) in [7, 11) is 0. The number of β-amino-alcohol motifs (C(OH)–C–C–N with tert-alkyl or cyclic N) is 1. The molecule has 1 fully saturated rings. The smallest absolute Gasteiger partial charge is 0.185 e. The summed E-state index contributed by atoms with van der Waals surface area (Å²) in [5, 5.41) is 12.6. The van der Waals surface area contributed by atoms with Crippen LogP contribution < -0.4 is 10.6 Å². The zero-order chi connectivity index (χ0) is 11.4. The van der Waals surface area contributed by atoms with Crippen LogP contribution in [0.2, 0.25) is 0 Å². The molecule has 1 aromatic heterocycles. The van der Waals surface area contributed by atoms with Crippen LogP contribution >= 0.6 is 11.3 Å². The minimum Gasteiger partial charge on any atom is -0.390 e. The van der Waals surface area contributed by atoms with Crippen LogP contribution in [-0.4, -0.2) is 60.4 Å². The molecule has 1 saturated heterocycles. The molecule has 0 aromatic carbocycles. The van der Waals surface area contributed by atoms with E-state index in [1.165, 1.54) is 0 Å². The number of hydrogen-bond acceptors (Lipinski definition) is 6. The molecule has 0 amide bonds. The van der Waals surface area contributed by atoms with E-state index < -0.39 is 6.10 Å². The van der Waals surface area contributed by atoms with Crippen LogP contribution in [0.4, 0.5) is 5.13 Å². The number of aliphatic hydroxyl groups excluding tert-OH is 1. The first kappa shape index (κ1) is 11.8. The van der Waals surface area contributed by atoms with Gasteiger partial charge in [0.2, 0.25) is 0 Å². The molecule has 90 valence electrons. The predicted molar refractivity (Wildman–Crippen MR) is 65.8 cm³/mol. The fourth-order valence-corrected chi connectivity index (χ4v) is 2.56. The van der Waals surface area contributed by atoms with Gasteiger partial charge >= 0.3 is 0 Å². The number of thiazole rings is 1. The Morgan fingerprint density at radius 3 is 2.75 bits per heavy atom. The zero-order valence-electron chi connectivity index (χ0n) is 9.25. The van der Waals surface area contributed by atoms with Crippen molar-refractivity contribution in [1.29, 1.82) is 0 Å². The summed E-state index contributed by atoms with van der Waals surface area (Å²) < 4.78 is 0. The Kier molecular flexibility index (Phi) is 4.11. The standard InChI is InChI=1S/C10H18N4OS/c11-7-9(15)8-13-2-4-14(5-3-13)10-12-1-6-16-10/h1,6,9,15H,2-5,7-8,11H2. The molecule has 0 aliphatic carbocycles. The topological polar surface area (TPSA) is 65.6 Å². The van der Waals surface area contributed by atoms with Crippen molar-refractivity contribution in [3.05, 3.63) is 11.6 Å². The van der Waals surface area contributed by atoms with Gasteiger partial charge in [-0.3, -0.25) is 4.90 Å². The first-order valence-corrected chi connectivity index (χ1v) is 6.42. The molecule has 1 aliphatic rings. The first-order valence-electron chi connectivity index (χ1n) is 5.54. The minimum absolute atomic E-state index is 0.340. The summed E-state index contributed by atoms with van der Waals surface area (Å²) in [5.74, 6) is 0. The number of rotatable bonds is 4. The lowest BCUT2D eigenvalue weighted by molar-refractivity contribution is 0.115. The average molecular weight is 242 g/mol. The molecule has 5 nitrogen and oxygen atoms in total. The van der Waals surface area contributed by atoms with Crippen LogP contribution in [0.25, 0.3) is 0 Å². The van der Waals surface area contributed by atoms with E-state index >= 15 is 0 Å². The molecule has 1 aliphatic heterocycles. The molecular weight excluding hydrogens is 224 g/mol. The number of piperazine rings is 1. The van der Waals surface area contributed by atoms with Crippen molar-refractivity contribution >= 4 is 16.5 Å². The van der Waals surface area contributed by atoms with Gasteiger partial charge in [0.05, 0.1) is 6.10 Å². The number of nitrogens with zero attached hydrogens (tertiary/aromatic N) is 3. The zero-order valence-corrected chi connectivity index (χ0v) is 10.1. The van der Waals surface area contributed by atoms with Crippen LogP contribution in [-0.2, 0) is 0 Å². The second-order valence-corrected chi connectivity index (χ2v) is 4.86. The molecule has 1 atom stereocenters. The number of nitrogens with two attached hydrogens (primary N) is 1. The molecule has 6 heteroatoms. The monoisotopic (exact) mass is 242 g/mol. The molecule has 0 saturated carbocycles. The van der Waals surface area contributed by atoms with E-state index in [0.29, 0.717) is 13.1 Å². The van der Waals surface area contributed by atoms with Crippen LogP contribution in [0.1, 0.15) is 0 Å². The number of aromatic nitrogens is 1. The molecule has 3 N–H and O–H groups in total. The molecule has 0 bridgehead atoms. The van der Waals surface area contributed by atoms with Gasteiger partial charge in [-0.05, 0) is 0 Å². The minimum atomic E-state index is -0.397. The van der Waals surface area contributed by atoms with Crippen LogP contribution in [0.15, 0.2) is 11.6 Å². The Bertz CT molecular complexity index is 298. The van der Waals surface area contributed by atoms with Crippen molar-refractivity contribution in [2.45, 2.75) is 6.10 Å². The third-order valence-corrected chi connectivity index (χ3v) is 3.64. The lowest BCUT2D eigenvalue weighted by Gasteiger charge is -2.35. The lowest BCUT2D eigenvalue weighted by atomic mass is 10.2. The normalized spacial score (nSPS) is 20.0. The van der Waals surface area contributed by atoms with Gasteiger partial charge in [0, 0.05) is 50.8 Å². The summed E-state index contributed by atoms with van der Waals surface area (Å²) in [6.07, 6.45) is 1.44. The molecule has 16 heavy (non-hydrogen) atoms. The van der Waals surface area contributed by atoms with Gasteiger partial charge in [-0.2, -0.15) is 0 Å². The van der Waals surface area contributed by atoms with Gasteiger partial charge < -0.3 is 15.7 Å². The Morgan fingerprint density at radius 2 is 2.19 bits per heavy atom. The second-order valence-electron chi connectivity index (χ2n) is 3.99. The molecule has 0 radical (unpaired) electrons. The van der Waals surface area contributed by atoms with Crippen molar-refractivity contribution in [2.75, 3.05) is 44.2 Å². The lowest BCUT2D eigenvalue weighted by Crippen LogP contribution is -2.49. The van der Waals surface area contributed by atoms with E-state index in [0.717, 1.165) is 31.3 Å². The first-order chi connectivity index (χ1) is 7.79.